The highest BCUT2D eigenvalue weighted by Gasteiger charge is 2.41. The van der Waals surface area contributed by atoms with Gasteiger partial charge in [-0.05, 0) is 24.8 Å². The number of nitrogens with one attached hydrogen (secondary N) is 1. The average Bonchev–Trinajstić information content (AvgIpc) is 3.10. The molecule has 0 amide bonds. The minimum atomic E-state index is 0.361. The highest BCUT2D eigenvalue weighted by Crippen LogP contribution is 2.45. The van der Waals surface area contributed by atoms with Crippen LogP contribution in [0.25, 0.3) is 0 Å². The third kappa shape index (κ3) is 3.33. The van der Waals surface area contributed by atoms with Gasteiger partial charge in [0.1, 0.15) is 0 Å². The number of hydrogen-bond donors (Lipinski definition) is 1. The Morgan fingerprint density at radius 2 is 2.31 bits per heavy atom. The Bertz CT molecular complexity index is 221. The first-order valence-corrected chi connectivity index (χ1v) is 6.92. The summed E-state index contributed by atoms with van der Waals surface area (Å²) in [5.41, 5.74) is 0.417. The van der Waals surface area contributed by atoms with Gasteiger partial charge < -0.3 is 10.1 Å². The smallest absolute Gasteiger partial charge is 0.0826 e. The lowest BCUT2D eigenvalue weighted by Crippen LogP contribution is -2.47. The van der Waals surface area contributed by atoms with E-state index in [1.165, 1.54) is 12.8 Å². The van der Waals surface area contributed by atoms with Crippen molar-refractivity contribution < 1.29 is 4.74 Å². The van der Waals surface area contributed by atoms with Gasteiger partial charge in [-0.3, -0.25) is 4.90 Å². The largest absolute Gasteiger partial charge is 0.374 e. The molecule has 2 fully saturated rings. The molecule has 0 aromatic carbocycles. The first-order chi connectivity index (χ1) is 7.78. The van der Waals surface area contributed by atoms with Crippen LogP contribution in [-0.4, -0.2) is 56.2 Å². The van der Waals surface area contributed by atoms with Crippen LogP contribution < -0.4 is 5.32 Å². The van der Waals surface area contributed by atoms with Crippen LogP contribution in [0.2, 0.25) is 0 Å². The molecule has 1 atom stereocenters. The molecule has 2 rings (SSSR count). The summed E-state index contributed by atoms with van der Waals surface area (Å²) in [6.45, 7) is 8.39. The van der Waals surface area contributed by atoms with Gasteiger partial charge in [-0.2, -0.15) is 0 Å². The van der Waals surface area contributed by atoms with E-state index >= 15 is 0 Å². The second kappa shape index (κ2) is 5.67. The van der Waals surface area contributed by atoms with Gasteiger partial charge in [0.25, 0.3) is 0 Å². The highest BCUT2D eigenvalue weighted by molar-refractivity contribution is 6.18. The minimum Gasteiger partial charge on any atom is -0.374 e. The van der Waals surface area contributed by atoms with Crippen molar-refractivity contribution in [3.05, 3.63) is 0 Å². The van der Waals surface area contributed by atoms with Gasteiger partial charge in [0.05, 0.1) is 12.7 Å². The maximum atomic E-state index is 5.94. The topological polar surface area (TPSA) is 24.5 Å². The third-order valence-corrected chi connectivity index (χ3v) is 4.35. The first-order valence-electron chi connectivity index (χ1n) is 6.39. The number of nitrogens with zero attached hydrogens (tertiary/aromatic N) is 1. The van der Waals surface area contributed by atoms with Crippen molar-refractivity contribution in [3.8, 4) is 0 Å². The molecule has 94 valence electrons. The van der Waals surface area contributed by atoms with Gasteiger partial charge in [0, 0.05) is 32.1 Å². The molecule has 1 aliphatic carbocycles. The summed E-state index contributed by atoms with van der Waals surface area (Å²) in [5.74, 6) is 0.798. The molecule has 1 unspecified atom stereocenters. The molecule has 0 aromatic rings. The number of hydrogen-bond acceptors (Lipinski definition) is 3. The summed E-state index contributed by atoms with van der Waals surface area (Å²) in [4.78, 5) is 2.45. The second-order valence-electron chi connectivity index (χ2n) is 5.15. The van der Waals surface area contributed by atoms with Crippen molar-refractivity contribution >= 4 is 11.6 Å². The lowest BCUT2D eigenvalue weighted by Gasteiger charge is -2.32. The van der Waals surface area contributed by atoms with E-state index in [1.807, 2.05) is 0 Å². The molecule has 1 saturated heterocycles. The van der Waals surface area contributed by atoms with Gasteiger partial charge in [0.2, 0.25) is 0 Å². The Balaban J connectivity index is 1.62. The van der Waals surface area contributed by atoms with E-state index in [4.69, 9.17) is 16.3 Å². The van der Waals surface area contributed by atoms with Crippen LogP contribution in [0, 0.1) is 5.41 Å². The summed E-state index contributed by atoms with van der Waals surface area (Å²) in [5, 5.41) is 3.52. The summed E-state index contributed by atoms with van der Waals surface area (Å²) in [7, 11) is 0. The summed E-state index contributed by atoms with van der Waals surface area (Å²) in [6.07, 6.45) is 2.94. The monoisotopic (exact) mass is 246 g/mol. The van der Waals surface area contributed by atoms with Crippen LogP contribution in [0.5, 0.6) is 0 Å². The van der Waals surface area contributed by atoms with Crippen molar-refractivity contribution in [2.75, 3.05) is 45.2 Å². The number of ether oxygens (including phenoxy) is 1. The molecule has 0 radical (unpaired) electrons. The molecule has 1 saturated carbocycles. The Kier molecular flexibility index (Phi) is 4.48. The van der Waals surface area contributed by atoms with Crippen LogP contribution in [0.1, 0.15) is 19.8 Å². The number of alkyl halides is 1. The molecule has 0 spiro atoms. The summed E-state index contributed by atoms with van der Waals surface area (Å²) in [6, 6.07) is 0. The maximum absolute atomic E-state index is 5.94. The van der Waals surface area contributed by atoms with Gasteiger partial charge in [0.15, 0.2) is 0 Å². The molecule has 1 N–H and O–H groups in total. The number of halogens is 1. The van der Waals surface area contributed by atoms with E-state index in [9.17, 15) is 0 Å². The summed E-state index contributed by atoms with van der Waals surface area (Å²) >= 11 is 5.94. The lowest BCUT2D eigenvalue weighted by molar-refractivity contribution is -0.0255. The number of likely N-dealkylation sites (N-methyl/N-ethyl adjacent to an activating group) is 1. The Hall–Kier alpha value is 0.170. The number of rotatable bonds is 6. The molecule has 3 nitrogen and oxygen atoms in total. The van der Waals surface area contributed by atoms with E-state index in [-0.39, 0.29) is 0 Å². The standard InChI is InChI=1S/C12H23ClN2O/c1-2-15-5-6-16-11(8-15)7-14-10-12(9-13)3-4-12/h11,14H,2-10H2,1H3. The SMILES string of the molecule is CCN1CCOC(CNCC2(CCl)CC2)C1. The Labute approximate surface area is 103 Å². The van der Waals surface area contributed by atoms with E-state index in [0.29, 0.717) is 11.5 Å². The fourth-order valence-corrected chi connectivity index (χ4v) is 2.59. The van der Waals surface area contributed by atoms with Crippen molar-refractivity contribution in [1.29, 1.82) is 0 Å². The van der Waals surface area contributed by atoms with Gasteiger partial charge >= 0.3 is 0 Å². The zero-order chi connectivity index (χ0) is 11.4. The highest BCUT2D eigenvalue weighted by atomic mass is 35.5. The van der Waals surface area contributed by atoms with Crippen molar-refractivity contribution in [1.82, 2.24) is 10.2 Å². The molecule has 0 aromatic heterocycles. The minimum absolute atomic E-state index is 0.361. The predicted octanol–water partition coefficient (Wildman–Crippen LogP) is 1.32. The molecule has 0 bridgehead atoms. The molecular weight excluding hydrogens is 224 g/mol. The van der Waals surface area contributed by atoms with E-state index in [0.717, 1.165) is 45.2 Å². The maximum Gasteiger partial charge on any atom is 0.0826 e. The van der Waals surface area contributed by atoms with E-state index in [2.05, 4.69) is 17.1 Å². The van der Waals surface area contributed by atoms with Crippen molar-refractivity contribution in [2.45, 2.75) is 25.9 Å². The fourth-order valence-electron chi connectivity index (χ4n) is 2.22. The van der Waals surface area contributed by atoms with Crippen molar-refractivity contribution in [2.24, 2.45) is 5.41 Å². The zero-order valence-electron chi connectivity index (χ0n) is 10.2. The van der Waals surface area contributed by atoms with Gasteiger partial charge in [-0.1, -0.05) is 6.92 Å². The lowest BCUT2D eigenvalue weighted by atomic mass is 10.1. The van der Waals surface area contributed by atoms with E-state index < -0.39 is 0 Å². The molecular formula is C12H23ClN2O. The van der Waals surface area contributed by atoms with Gasteiger partial charge in [-0.25, -0.2) is 0 Å². The van der Waals surface area contributed by atoms with Crippen LogP contribution in [-0.2, 0) is 4.74 Å². The molecule has 16 heavy (non-hydrogen) atoms. The van der Waals surface area contributed by atoms with Crippen molar-refractivity contribution in [3.63, 3.8) is 0 Å². The molecule has 1 heterocycles. The van der Waals surface area contributed by atoms with Crippen LogP contribution in [0.3, 0.4) is 0 Å². The Morgan fingerprint density at radius 3 is 2.94 bits per heavy atom. The second-order valence-corrected chi connectivity index (χ2v) is 5.42. The van der Waals surface area contributed by atoms with Gasteiger partial charge in [-0.15, -0.1) is 11.6 Å². The fraction of sp³-hybridized carbons (Fsp3) is 1.00. The predicted molar refractivity (Wildman–Crippen MR) is 67.1 cm³/mol. The molecule has 2 aliphatic rings. The van der Waals surface area contributed by atoms with Crippen LogP contribution >= 0.6 is 11.6 Å². The average molecular weight is 247 g/mol. The normalized spacial score (nSPS) is 29.2. The quantitative estimate of drug-likeness (QED) is 0.716. The third-order valence-electron chi connectivity index (χ3n) is 3.78. The van der Waals surface area contributed by atoms with Crippen LogP contribution in [0.15, 0.2) is 0 Å². The first kappa shape index (κ1) is 12.6. The van der Waals surface area contributed by atoms with E-state index in [1.54, 1.807) is 0 Å². The molecule has 4 heteroatoms. The zero-order valence-corrected chi connectivity index (χ0v) is 10.9. The Morgan fingerprint density at radius 1 is 1.50 bits per heavy atom. The number of morpholine rings is 1. The summed E-state index contributed by atoms with van der Waals surface area (Å²) < 4.78 is 5.74. The molecule has 1 aliphatic heterocycles. The van der Waals surface area contributed by atoms with Crippen LogP contribution in [0.4, 0.5) is 0 Å².